The molecule has 2 aromatic rings. The zero-order valence-electron chi connectivity index (χ0n) is 16.7. The molecule has 1 aliphatic rings. The van der Waals surface area contributed by atoms with E-state index in [9.17, 15) is 4.79 Å². The van der Waals surface area contributed by atoms with Gasteiger partial charge in [-0.1, -0.05) is 29.8 Å². The van der Waals surface area contributed by atoms with Gasteiger partial charge in [0.05, 0.1) is 16.6 Å². The predicted molar refractivity (Wildman–Crippen MR) is 121 cm³/mol. The lowest BCUT2D eigenvalue weighted by Crippen LogP contribution is -2.44. The average molecular weight is 434 g/mol. The molecule has 1 atom stereocenters. The number of benzene rings is 1. The molecule has 1 amide bonds. The number of halogens is 1. The smallest absolute Gasteiger partial charge is 0.252 e. The first kappa shape index (κ1) is 21.6. The van der Waals surface area contributed by atoms with Crippen molar-refractivity contribution >= 4 is 34.8 Å². The summed E-state index contributed by atoms with van der Waals surface area (Å²) in [5.74, 6) is 0.560. The van der Waals surface area contributed by atoms with E-state index in [2.05, 4.69) is 43.4 Å². The summed E-state index contributed by atoms with van der Waals surface area (Å²) in [5, 5.41) is 12.2. The van der Waals surface area contributed by atoms with Gasteiger partial charge in [-0.2, -0.15) is 0 Å². The molecule has 3 rings (SSSR count). The summed E-state index contributed by atoms with van der Waals surface area (Å²) in [4.78, 5) is 20.4. The van der Waals surface area contributed by atoms with Gasteiger partial charge in [0.25, 0.3) is 5.91 Å². The fraction of sp³-hybridized carbons (Fsp3) is 0.429. The van der Waals surface area contributed by atoms with Crippen LogP contribution >= 0.6 is 22.9 Å². The monoisotopic (exact) mass is 433 g/mol. The third-order valence-corrected chi connectivity index (χ3v) is 6.26. The first-order valence-electron chi connectivity index (χ1n) is 9.93. The number of nitrogens with one attached hydrogen (secondary N) is 3. The van der Waals surface area contributed by atoms with Crippen molar-refractivity contribution in [1.82, 2.24) is 20.9 Å². The molecule has 156 valence electrons. The van der Waals surface area contributed by atoms with Crippen LogP contribution in [0.2, 0.25) is 5.02 Å². The van der Waals surface area contributed by atoms with Crippen molar-refractivity contribution in [1.29, 1.82) is 0 Å². The summed E-state index contributed by atoms with van der Waals surface area (Å²) in [6.45, 7) is 4.13. The van der Waals surface area contributed by atoms with Gasteiger partial charge in [-0.15, -0.1) is 11.3 Å². The highest BCUT2D eigenvalue weighted by atomic mass is 35.5. The van der Waals surface area contributed by atoms with Crippen molar-refractivity contribution in [2.45, 2.75) is 18.9 Å². The van der Waals surface area contributed by atoms with Crippen LogP contribution in [0, 0.1) is 0 Å². The summed E-state index contributed by atoms with van der Waals surface area (Å²) >= 11 is 7.86. The van der Waals surface area contributed by atoms with Gasteiger partial charge in [0, 0.05) is 31.6 Å². The van der Waals surface area contributed by atoms with Crippen LogP contribution in [0.3, 0.4) is 0 Å². The molecule has 1 aromatic heterocycles. The molecule has 0 saturated carbocycles. The lowest BCUT2D eigenvalue weighted by atomic mass is 10.2. The number of aliphatic imine (C=N–C) groups is 1. The average Bonchev–Trinajstić information content (AvgIpc) is 3.44. The van der Waals surface area contributed by atoms with Crippen LogP contribution in [-0.2, 0) is 0 Å². The van der Waals surface area contributed by atoms with Crippen LogP contribution in [0.5, 0.6) is 0 Å². The molecule has 0 radical (unpaired) electrons. The highest BCUT2D eigenvalue weighted by molar-refractivity contribution is 7.10. The van der Waals surface area contributed by atoms with E-state index < -0.39 is 0 Å². The Kier molecular flexibility index (Phi) is 8.34. The van der Waals surface area contributed by atoms with Gasteiger partial charge in [-0.3, -0.25) is 14.7 Å². The molecule has 1 aliphatic heterocycles. The number of guanidine groups is 1. The maximum Gasteiger partial charge on any atom is 0.252 e. The molecule has 1 saturated heterocycles. The molecule has 0 aliphatic carbocycles. The number of carbonyl (C=O) groups excluding carboxylic acids is 1. The zero-order valence-corrected chi connectivity index (χ0v) is 18.2. The van der Waals surface area contributed by atoms with E-state index in [-0.39, 0.29) is 5.91 Å². The molecule has 2 heterocycles. The van der Waals surface area contributed by atoms with Crippen molar-refractivity contribution < 1.29 is 4.79 Å². The fourth-order valence-electron chi connectivity index (χ4n) is 3.46. The van der Waals surface area contributed by atoms with Crippen molar-refractivity contribution in [2.75, 3.05) is 39.8 Å². The number of likely N-dealkylation sites (tertiary alicyclic amines) is 1. The molecule has 8 heteroatoms. The van der Waals surface area contributed by atoms with E-state index in [0.29, 0.717) is 29.7 Å². The summed E-state index contributed by atoms with van der Waals surface area (Å²) in [7, 11) is 1.76. The van der Waals surface area contributed by atoms with Crippen LogP contribution < -0.4 is 16.0 Å². The number of hydrogen-bond acceptors (Lipinski definition) is 4. The molecular weight excluding hydrogens is 406 g/mol. The zero-order chi connectivity index (χ0) is 20.5. The highest BCUT2D eigenvalue weighted by Gasteiger charge is 2.24. The molecule has 29 heavy (non-hydrogen) atoms. The van der Waals surface area contributed by atoms with Gasteiger partial charge in [0.15, 0.2) is 5.96 Å². The van der Waals surface area contributed by atoms with Gasteiger partial charge in [-0.25, -0.2) is 0 Å². The van der Waals surface area contributed by atoms with E-state index in [1.807, 2.05) is 6.07 Å². The van der Waals surface area contributed by atoms with E-state index in [1.54, 1.807) is 36.6 Å². The lowest BCUT2D eigenvalue weighted by Gasteiger charge is -2.27. The van der Waals surface area contributed by atoms with E-state index in [1.165, 1.54) is 17.7 Å². The predicted octanol–water partition coefficient (Wildman–Crippen LogP) is 3.13. The van der Waals surface area contributed by atoms with Gasteiger partial charge in [0.1, 0.15) is 0 Å². The Hall–Kier alpha value is -2.09. The standard InChI is InChI=1S/C21H28ClN5OS/c1-23-21(25-11-10-24-20(28)16-7-2-3-8-17(16)22)26-15-18(19-9-6-14-29-19)27-12-4-5-13-27/h2-3,6-9,14,18H,4-5,10-13,15H2,1H3,(H,24,28)(H2,23,25,26). The Labute approximate surface area is 181 Å². The number of carbonyl (C=O) groups is 1. The van der Waals surface area contributed by atoms with Crippen molar-refractivity contribution in [3.8, 4) is 0 Å². The summed E-state index contributed by atoms with van der Waals surface area (Å²) in [6.07, 6.45) is 2.53. The minimum atomic E-state index is -0.174. The van der Waals surface area contributed by atoms with Crippen LogP contribution in [0.25, 0.3) is 0 Å². The Morgan fingerprint density at radius 1 is 1.14 bits per heavy atom. The van der Waals surface area contributed by atoms with Crippen LogP contribution in [0.15, 0.2) is 46.8 Å². The van der Waals surface area contributed by atoms with Crippen molar-refractivity contribution in [3.05, 3.63) is 57.2 Å². The molecule has 0 spiro atoms. The Morgan fingerprint density at radius 2 is 1.90 bits per heavy atom. The first-order valence-corrected chi connectivity index (χ1v) is 11.2. The van der Waals surface area contributed by atoms with Gasteiger partial charge >= 0.3 is 0 Å². The van der Waals surface area contributed by atoms with Gasteiger partial charge in [0.2, 0.25) is 0 Å². The third kappa shape index (κ3) is 6.19. The second kappa shape index (κ2) is 11.2. The normalized spacial score (nSPS) is 15.9. The van der Waals surface area contributed by atoms with Gasteiger partial charge in [-0.05, 0) is 49.5 Å². The number of nitrogens with zero attached hydrogens (tertiary/aromatic N) is 2. The van der Waals surface area contributed by atoms with Crippen molar-refractivity contribution in [3.63, 3.8) is 0 Å². The third-order valence-electron chi connectivity index (χ3n) is 4.96. The Balaban J connectivity index is 1.44. The summed E-state index contributed by atoms with van der Waals surface area (Å²) in [5.41, 5.74) is 0.487. The number of thiophene rings is 1. The maximum absolute atomic E-state index is 12.2. The van der Waals surface area contributed by atoms with Gasteiger partial charge < -0.3 is 16.0 Å². The maximum atomic E-state index is 12.2. The molecule has 1 unspecified atom stereocenters. The molecule has 6 nitrogen and oxygen atoms in total. The molecule has 3 N–H and O–H groups in total. The second-order valence-corrected chi connectivity index (χ2v) is 8.28. The molecule has 1 fully saturated rings. The number of hydrogen-bond donors (Lipinski definition) is 3. The van der Waals surface area contributed by atoms with E-state index in [4.69, 9.17) is 11.6 Å². The number of rotatable bonds is 8. The van der Waals surface area contributed by atoms with E-state index >= 15 is 0 Å². The topological polar surface area (TPSA) is 68.8 Å². The Morgan fingerprint density at radius 3 is 2.59 bits per heavy atom. The highest BCUT2D eigenvalue weighted by Crippen LogP contribution is 2.27. The van der Waals surface area contributed by atoms with Crippen LogP contribution in [-0.4, -0.2) is 56.5 Å². The Bertz CT molecular complexity index is 805. The molecule has 0 bridgehead atoms. The SMILES string of the molecule is CN=C(NCCNC(=O)c1ccccc1Cl)NCC(c1cccs1)N1CCCC1. The second-order valence-electron chi connectivity index (χ2n) is 6.89. The van der Waals surface area contributed by atoms with E-state index in [0.717, 1.165) is 25.6 Å². The van der Waals surface area contributed by atoms with Crippen LogP contribution in [0.4, 0.5) is 0 Å². The minimum absolute atomic E-state index is 0.174. The molecular formula is C21H28ClN5OS. The largest absolute Gasteiger partial charge is 0.355 e. The quantitative estimate of drug-likeness (QED) is 0.340. The lowest BCUT2D eigenvalue weighted by molar-refractivity contribution is 0.0954. The molecule has 1 aromatic carbocycles. The fourth-order valence-corrected chi connectivity index (χ4v) is 4.54. The van der Waals surface area contributed by atoms with Crippen LogP contribution in [0.1, 0.15) is 34.1 Å². The summed E-state index contributed by atoms with van der Waals surface area (Å²) in [6, 6.07) is 11.7. The van der Waals surface area contributed by atoms with Crippen molar-refractivity contribution in [2.24, 2.45) is 4.99 Å². The number of amides is 1. The summed E-state index contributed by atoms with van der Waals surface area (Å²) < 4.78 is 0. The first-order chi connectivity index (χ1) is 14.2. The minimum Gasteiger partial charge on any atom is -0.355 e.